The summed E-state index contributed by atoms with van der Waals surface area (Å²) in [5.41, 5.74) is 1.59. The zero-order valence-electron chi connectivity index (χ0n) is 16.1. The summed E-state index contributed by atoms with van der Waals surface area (Å²) in [6.45, 7) is 1.60. The van der Waals surface area contributed by atoms with Gasteiger partial charge in [-0.25, -0.2) is 12.7 Å². The number of amides is 2. The summed E-state index contributed by atoms with van der Waals surface area (Å²) in [6.07, 6.45) is 0. The lowest BCUT2D eigenvalue weighted by atomic mass is 10.2. The lowest BCUT2D eigenvalue weighted by Crippen LogP contribution is -2.33. The first kappa shape index (κ1) is 21.4. The van der Waals surface area contributed by atoms with Gasteiger partial charge in [0, 0.05) is 19.7 Å². The SMILES string of the molecule is COc1ccc(C)cc1NC(=O)CNC(=O)c1cccc(S(=O)(=O)N(C)C)c1. The van der Waals surface area contributed by atoms with Gasteiger partial charge in [0.25, 0.3) is 5.91 Å². The average Bonchev–Trinajstić information content (AvgIpc) is 2.66. The predicted octanol–water partition coefficient (Wildman–Crippen LogP) is 1.62. The number of hydrogen-bond donors (Lipinski definition) is 2. The van der Waals surface area contributed by atoms with Crippen LogP contribution in [0.25, 0.3) is 0 Å². The van der Waals surface area contributed by atoms with Gasteiger partial charge in [0.2, 0.25) is 15.9 Å². The zero-order chi connectivity index (χ0) is 20.9. The molecule has 2 aromatic carbocycles. The van der Waals surface area contributed by atoms with Crippen LogP contribution in [0.15, 0.2) is 47.4 Å². The normalized spacial score (nSPS) is 11.2. The number of carbonyl (C=O) groups is 2. The molecule has 28 heavy (non-hydrogen) atoms. The number of carbonyl (C=O) groups excluding carboxylic acids is 2. The highest BCUT2D eigenvalue weighted by Gasteiger charge is 2.19. The molecular formula is C19H23N3O5S. The summed E-state index contributed by atoms with van der Waals surface area (Å²) < 4.78 is 30.6. The van der Waals surface area contributed by atoms with Crippen LogP contribution < -0.4 is 15.4 Å². The van der Waals surface area contributed by atoms with E-state index in [1.165, 1.54) is 45.5 Å². The van der Waals surface area contributed by atoms with E-state index in [1.54, 1.807) is 12.1 Å². The molecule has 0 aromatic heterocycles. The van der Waals surface area contributed by atoms with Crippen LogP contribution in [0, 0.1) is 6.92 Å². The van der Waals surface area contributed by atoms with Crippen molar-refractivity contribution in [2.24, 2.45) is 0 Å². The van der Waals surface area contributed by atoms with E-state index in [1.807, 2.05) is 13.0 Å². The molecule has 0 saturated carbocycles. The molecule has 9 heteroatoms. The molecule has 0 bridgehead atoms. The molecule has 0 unspecified atom stereocenters. The van der Waals surface area contributed by atoms with Crippen LogP contribution in [0.2, 0.25) is 0 Å². The highest BCUT2D eigenvalue weighted by molar-refractivity contribution is 7.89. The van der Waals surface area contributed by atoms with Crippen molar-refractivity contribution in [2.75, 3.05) is 33.1 Å². The van der Waals surface area contributed by atoms with Crippen molar-refractivity contribution >= 4 is 27.5 Å². The summed E-state index contributed by atoms with van der Waals surface area (Å²) in [6, 6.07) is 11.0. The van der Waals surface area contributed by atoms with Crippen LogP contribution >= 0.6 is 0 Å². The third-order valence-electron chi connectivity index (χ3n) is 3.91. The second kappa shape index (κ2) is 8.85. The Morgan fingerprint density at radius 3 is 2.46 bits per heavy atom. The van der Waals surface area contributed by atoms with E-state index in [0.717, 1.165) is 9.87 Å². The number of nitrogens with one attached hydrogen (secondary N) is 2. The lowest BCUT2D eigenvalue weighted by molar-refractivity contribution is -0.115. The highest BCUT2D eigenvalue weighted by Crippen LogP contribution is 2.25. The molecule has 0 fully saturated rings. The molecule has 0 spiro atoms. The standard InChI is InChI=1S/C19H23N3O5S/c1-13-8-9-17(27-4)16(10-13)21-18(23)12-20-19(24)14-6-5-7-15(11-14)28(25,26)22(2)3/h5-11H,12H2,1-4H3,(H,20,24)(H,21,23). The van der Waals surface area contributed by atoms with Crippen molar-refractivity contribution in [1.29, 1.82) is 0 Å². The number of hydrogen-bond acceptors (Lipinski definition) is 5. The molecule has 0 heterocycles. The van der Waals surface area contributed by atoms with Crippen molar-refractivity contribution in [3.8, 4) is 5.75 Å². The molecule has 0 aliphatic rings. The Balaban J connectivity index is 2.05. The Bertz CT molecular complexity index is 987. The van der Waals surface area contributed by atoms with Crippen LogP contribution in [0.4, 0.5) is 5.69 Å². The molecule has 0 aliphatic carbocycles. The molecule has 0 aliphatic heterocycles. The van der Waals surface area contributed by atoms with Crippen LogP contribution in [-0.4, -0.2) is 52.3 Å². The summed E-state index contributed by atoms with van der Waals surface area (Å²) >= 11 is 0. The third-order valence-corrected chi connectivity index (χ3v) is 5.72. The van der Waals surface area contributed by atoms with Crippen LogP contribution in [0.3, 0.4) is 0 Å². The number of ether oxygens (including phenoxy) is 1. The first-order valence-corrected chi connectivity index (χ1v) is 9.84. The smallest absolute Gasteiger partial charge is 0.251 e. The Morgan fingerprint density at radius 2 is 1.82 bits per heavy atom. The Morgan fingerprint density at radius 1 is 1.11 bits per heavy atom. The number of sulfonamides is 1. The summed E-state index contributed by atoms with van der Waals surface area (Å²) in [5, 5.41) is 5.16. The minimum atomic E-state index is -3.66. The maximum Gasteiger partial charge on any atom is 0.251 e. The molecule has 2 N–H and O–H groups in total. The molecule has 0 saturated heterocycles. The Hall–Kier alpha value is -2.91. The highest BCUT2D eigenvalue weighted by atomic mass is 32.2. The van der Waals surface area contributed by atoms with E-state index in [0.29, 0.717) is 11.4 Å². The molecule has 2 aromatic rings. The van der Waals surface area contributed by atoms with Gasteiger partial charge in [0.1, 0.15) is 5.75 Å². The summed E-state index contributed by atoms with van der Waals surface area (Å²) in [5.74, 6) is -0.483. The fourth-order valence-corrected chi connectivity index (χ4v) is 3.33. The van der Waals surface area contributed by atoms with E-state index >= 15 is 0 Å². The van der Waals surface area contributed by atoms with Gasteiger partial charge >= 0.3 is 0 Å². The second-order valence-electron chi connectivity index (χ2n) is 6.25. The topological polar surface area (TPSA) is 105 Å². The molecule has 0 radical (unpaired) electrons. The first-order valence-electron chi connectivity index (χ1n) is 8.40. The van der Waals surface area contributed by atoms with Crippen LogP contribution in [0.1, 0.15) is 15.9 Å². The van der Waals surface area contributed by atoms with Crippen LogP contribution in [-0.2, 0) is 14.8 Å². The van der Waals surface area contributed by atoms with Crippen molar-refractivity contribution in [3.05, 3.63) is 53.6 Å². The minimum Gasteiger partial charge on any atom is -0.495 e. The maximum absolute atomic E-state index is 12.3. The molecule has 2 rings (SSSR count). The Labute approximate surface area is 164 Å². The fraction of sp³-hybridized carbons (Fsp3) is 0.263. The maximum atomic E-state index is 12.3. The van der Waals surface area contributed by atoms with E-state index in [-0.39, 0.29) is 17.0 Å². The third kappa shape index (κ3) is 5.08. The fourth-order valence-electron chi connectivity index (χ4n) is 2.39. The quantitative estimate of drug-likeness (QED) is 0.728. The predicted molar refractivity (Wildman–Crippen MR) is 106 cm³/mol. The van der Waals surface area contributed by atoms with E-state index in [2.05, 4.69) is 10.6 Å². The number of anilines is 1. The lowest BCUT2D eigenvalue weighted by Gasteiger charge is -2.13. The second-order valence-corrected chi connectivity index (χ2v) is 8.40. The largest absolute Gasteiger partial charge is 0.495 e. The minimum absolute atomic E-state index is 0.000835. The molecule has 2 amide bonds. The van der Waals surface area contributed by atoms with Gasteiger partial charge in [-0.2, -0.15) is 0 Å². The van der Waals surface area contributed by atoms with Gasteiger partial charge in [0.15, 0.2) is 0 Å². The number of aryl methyl sites for hydroxylation is 1. The van der Waals surface area contributed by atoms with Gasteiger partial charge < -0.3 is 15.4 Å². The average molecular weight is 405 g/mol. The van der Waals surface area contributed by atoms with Gasteiger partial charge in [0.05, 0.1) is 24.2 Å². The summed E-state index contributed by atoms with van der Waals surface area (Å²) in [4.78, 5) is 24.5. The Kier molecular flexibility index (Phi) is 6.76. The van der Waals surface area contributed by atoms with Crippen molar-refractivity contribution in [3.63, 3.8) is 0 Å². The van der Waals surface area contributed by atoms with Crippen molar-refractivity contribution < 1.29 is 22.7 Å². The van der Waals surface area contributed by atoms with Crippen LogP contribution in [0.5, 0.6) is 5.75 Å². The number of methoxy groups -OCH3 is 1. The summed E-state index contributed by atoms with van der Waals surface area (Å²) in [7, 11) is 0.658. The van der Waals surface area contributed by atoms with E-state index in [9.17, 15) is 18.0 Å². The first-order chi connectivity index (χ1) is 13.1. The number of rotatable bonds is 7. The monoisotopic (exact) mass is 405 g/mol. The molecular weight excluding hydrogens is 382 g/mol. The van der Waals surface area contributed by atoms with Gasteiger partial charge in [-0.3, -0.25) is 9.59 Å². The van der Waals surface area contributed by atoms with Crippen molar-refractivity contribution in [2.45, 2.75) is 11.8 Å². The molecule has 0 atom stereocenters. The van der Waals surface area contributed by atoms with Gasteiger partial charge in [-0.1, -0.05) is 12.1 Å². The number of benzene rings is 2. The van der Waals surface area contributed by atoms with Gasteiger partial charge in [-0.15, -0.1) is 0 Å². The van der Waals surface area contributed by atoms with Crippen molar-refractivity contribution in [1.82, 2.24) is 9.62 Å². The molecule has 8 nitrogen and oxygen atoms in total. The molecule has 150 valence electrons. The van der Waals surface area contributed by atoms with E-state index in [4.69, 9.17) is 4.74 Å². The van der Waals surface area contributed by atoms with E-state index < -0.39 is 21.8 Å². The van der Waals surface area contributed by atoms with Gasteiger partial charge in [-0.05, 0) is 42.8 Å². The number of nitrogens with zero attached hydrogens (tertiary/aromatic N) is 1. The zero-order valence-corrected chi connectivity index (χ0v) is 17.0.